The van der Waals surface area contributed by atoms with Gasteiger partial charge in [0.2, 0.25) is 0 Å². The second-order valence-electron chi connectivity index (χ2n) is 17.2. The second kappa shape index (κ2) is 36.4. The number of ether oxygens (including phenoxy) is 4. The fourth-order valence-electron chi connectivity index (χ4n) is 7.55. The molecule has 2 aliphatic rings. The number of quaternary nitrogens is 1. The van der Waals surface area contributed by atoms with E-state index in [4.69, 9.17) is 113 Å². The number of nitrogens with two attached hydrogens (primary N) is 3. The summed E-state index contributed by atoms with van der Waals surface area (Å²) in [6.07, 6.45) is -9.75. The Kier molecular flexibility index (Phi) is 34.0. The number of benzene rings is 4. The highest BCUT2D eigenvalue weighted by Crippen LogP contribution is 2.39. The van der Waals surface area contributed by atoms with E-state index in [-0.39, 0.29) is 34.9 Å². The number of hydrogen-bond acceptors (Lipinski definition) is 14. The van der Waals surface area contributed by atoms with Crippen molar-refractivity contribution in [2.75, 3.05) is 105 Å². The van der Waals surface area contributed by atoms with Gasteiger partial charge in [-0.1, -0.05) is 70.7 Å². The van der Waals surface area contributed by atoms with E-state index in [0.717, 1.165) is 59.6 Å². The van der Waals surface area contributed by atoms with Crippen LogP contribution in [0.15, 0.2) is 82.6 Å². The van der Waals surface area contributed by atoms with E-state index < -0.39 is 43.2 Å². The first kappa shape index (κ1) is 74.7. The van der Waals surface area contributed by atoms with Gasteiger partial charge in [-0.15, -0.1) is 0 Å². The number of hydrogen-bond donors (Lipinski definition) is 6. The maximum Gasteiger partial charge on any atom is 0.490 e. The molecule has 4 aromatic rings. The smallest absolute Gasteiger partial charge is 0.490 e. The Morgan fingerprint density at radius 3 is 1.49 bits per heavy atom. The van der Waals surface area contributed by atoms with Crippen LogP contribution < -0.4 is 34.5 Å². The highest BCUT2D eigenvalue weighted by molar-refractivity contribution is 8.13. The van der Waals surface area contributed by atoms with E-state index in [9.17, 15) is 43.2 Å². The Morgan fingerprint density at radius 1 is 0.650 bits per heavy atom. The predicted molar refractivity (Wildman–Crippen MR) is 289 cm³/mol. The average Bonchev–Trinajstić information content (AvgIpc) is 3.36. The van der Waals surface area contributed by atoms with Crippen LogP contribution >= 0.6 is 57.1 Å². The van der Waals surface area contributed by atoms with Gasteiger partial charge in [-0.3, -0.25) is 0 Å². The molecule has 0 fully saturated rings. The summed E-state index contributed by atoms with van der Waals surface area (Å²) >= 11 is 25.3. The van der Waals surface area contributed by atoms with Crippen LogP contribution in [-0.2, 0) is 60.5 Å². The van der Waals surface area contributed by atoms with Crippen molar-refractivity contribution in [1.29, 1.82) is 0 Å². The summed E-state index contributed by atoms with van der Waals surface area (Å²) in [5.41, 5.74) is 21.8. The van der Waals surface area contributed by atoms with Crippen LogP contribution in [0.5, 0.6) is 0 Å². The monoisotopic (exact) mass is 1300 g/mol. The summed E-state index contributed by atoms with van der Waals surface area (Å²) in [5.74, 6) is -5.47. The number of nitrogens with one attached hydrogen (secondary N) is 1. The molecule has 0 spiro atoms. The van der Waals surface area contributed by atoms with Crippen LogP contribution in [0.25, 0.3) is 0 Å². The van der Waals surface area contributed by atoms with Crippen LogP contribution in [0.2, 0.25) is 20.1 Å². The molecule has 452 valence electrons. The fourth-order valence-corrected chi connectivity index (χ4v) is 10.8. The topological polar surface area (TPSA) is 266 Å². The largest absolute Gasteiger partial charge is 1.00 e. The number of alkyl halides is 6. The molecule has 6 rings (SSSR count). The first-order chi connectivity index (χ1) is 36.9. The zero-order chi connectivity index (χ0) is 59.7. The normalized spacial score (nSPS) is 16.0. The first-order valence-corrected chi connectivity index (χ1v) is 29.2. The zero-order valence-corrected chi connectivity index (χ0v) is 49.3. The summed E-state index contributed by atoms with van der Waals surface area (Å²) in [6, 6.07) is 21.3. The summed E-state index contributed by atoms with van der Waals surface area (Å²) in [6.45, 7) is 8.90. The van der Waals surface area contributed by atoms with Crippen molar-refractivity contribution in [3.8, 4) is 0 Å². The van der Waals surface area contributed by atoms with Gasteiger partial charge in [0.25, 0.3) is 9.05 Å². The molecule has 2 heterocycles. The van der Waals surface area contributed by atoms with E-state index >= 15 is 0 Å². The van der Waals surface area contributed by atoms with E-state index in [0.29, 0.717) is 104 Å². The molecule has 9 N–H and O–H groups in total. The quantitative estimate of drug-likeness (QED) is 0.0415. The third kappa shape index (κ3) is 26.9. The fraction of sp³-hybridized carbons (Fsp3) is 0.469. The molecule has 0 aliphatic carbocycles. The van der Waals surface area contributed by atoms with Crippen molar-refractivity contribution in [2.45, 2.75) is 53.5 Å². The molecule has 31 heteroatoms. The SMILES string of the molecule is CN1Cc2c(Cl)cc(Cl)cc2[C@H](c2cccc(S(=O)(=O)CCCOCCOCCN)c2)C1.C[NH+]1Cc2c(Cl)cc(Cl)cc2[C@H](c2cccc(S(=O)(=O)Cl)c2)C1.NCCOCCOCCN.O=C(O)C(F)(F)F.O=C(O)C(F)(F)F.[Cl-]. The summed E-state index contributed by atoms with van der Waals surface area (Å²) in [5, 5.41) is 16.7. The molecular formula is C49H63Cl6F6N5O12S2. The molecule has 0 aromatic heterocycles. The van der Waals surface area contributed by atoms with Gasteiger partial charge in [-0.05, 0) is 89.8 Å². The van der Waals surface area contributed by atoms with E-state index in [2.05, 4.69) is 11.9 Å². The van der Waals surface area contributed by atoms with Crippen molar-refractivity contribution in [2.24, 2.45) is 17.2 Å². The predicted octanol–water partition coefficient (Wildman–Crippen LogP) is 4.02. The van der Waals surface area contributed by atoms with Gasteiger partial charge in [-0.25, -0.2) is 26.4 Å². The van der Waals surface area contributed by atoms with Crippen molar-refractivity contribution in [1.82, 2.24) is 4.90 Å². The van der Waals surface area contributed by atoms with Crippen LogP contribution in [0, 0.1) is 0 Å². The van der Waals surface area contributed by atoms with Gasteiger partial charge in [0.15, 0.2) is 9.84 Å². The van der Waals surface area contributed by atoms with Gasteiger partial charge >= 0.3 is 24.3 Å². The van der Waals surface area contributed by atoms with Gasteiger partial charge in [-0.2, -0.15) is 26.3 Å². The lowest BCUT2D eigenvalue weighted by Crippen LogP contribution is -3.09. The molecule has 3 atom stereocenters. The Bertz CT molecular complexity index is 2770. The Labute approximate surface area is 491 Å². The van der Waals surface area contributed by atoms with Crippen LogP contribution in [0.3, 0.4) is 0 Å². The van der Waals surface area contributed by atoms with E-state index in [1.165, 1.54) is 11.0 Å². The first-order valence-electron chi connectivity index (χ1n) is 23.7. The number of halogens is 12. The zero-order valence-electron chi connectivity index (χ0n) is 43.1. The summed E-state index contributed by atoms with van der Waals surface area (Å²) in [4.78, 5) is 21.7. The summed E-state index contributed by atoms with van der Waals surface area (Å²) < 4.78 is 133. The van der Waals surface area contributed by atoms with Crippen LogP contribution in [0.4, 0.5) is 26.3 Å². The Morgan fingerprint density at radius 2 is 1.05 bits per heavy atom. The number of aliphatic carboxylic acids is 2. The van der Waals surface area contributed by atoms with Gasteiger partial charge < -0.3 is 68.6 Å². The molecule has 0 saturated heterocycles. The second-order valence-corrected chi connectivity index (χ2v) is 23.6. The molecule has 80 heavy (non-hydrogen) atoms. The molecule has 17 nitrogen and oxygen atoms in total. The number of likely N-dealkylation sites (N-methyl/N-ethyl adjacent to an activating group) is 2. The molecule has 0 amide bonds. The van der Waals surface area contributed by atoms with Crippen molar-refractivity contribution in [3.63, 3.8) is 0 Å². The lowest BCUT2D eigenvalue weighted by Gasteiger charge is -2.33. The number of rotatable bonds is 20. The number of carboxylic acids is 2. The van der Waals surface area contributed by atoms with E-state index in [1.54, 1.807) is 42.5 Å². The minimum Gasteiger partial charge on any atom is -1.00 e. The maximum atomic E-state index is 12.9. The number of nitrogens with zero attached hydrogens (tertiary/aromatic N) is 1. The minimum atomic E-state index is -5.08. The molecule has 4 aromatic carbocycles. The number of fused-ring (bicyclic) bond motifs is 2. The average molecular weight is 1300 g/mol. The lowest BCUT2D eigenvalue weighted by molar-refractivity contribution is -0.897. The third-order valence-electron chi connectivity index (χ3n) is 11.0. The number of carboxylic acid groups (broad SMARTS) is 2. The van der Waals surface area contributed by atoms with Crippen LogP contribution in [-0.4, -0.2) is 162 Å². The summed E-state index contributed by atoms with van der Waals surface area (Å²) in [7, 11) is 2.41. The van der Waals surface area contributed by atoms with Gasteiger partial charge in [0, 0.05) is 76.6 Å². The molecule has 2 aliphatic heterocycles. The highest BCUT2D eigenvalue weighted by atomic mass is 35.7. The van der Waals surface area contributed by atoms with Crippen molar-refractivity contribution >= 4 is 87.9 Å². The lowest BCUT2D eigenvalue weighted by atomic mass is 9.85. The molecule has 0 bridgehead atoms. The minimum absolute atomic E-state index is 0. The van der Waals surface area contributed by atoms with Gasteiger partial charge in [0.1, 0.15) is 6.54 Å². The van der Waals surface area contributed by atoms with Gasteiger partial charge in [0.05, 0.1) is 86.3 Å². The van der Waals surface area contributed by atoms with Crippen molar-refractivity contribution in [3.05, 3.63) is 126 Å². The highest BCUT2D eigenvalue weighted by Gasteiger charge is 2.39. The van der Waals surface area contributed by atoms with E-state index in [1.807, 2.05) is 31.3 Å². The molecule has 0 saturated carbocycles. The molecule has 0 radical (unpaired) electrons. The maximum absolute atomic E-state index is 12.9. The van der Waals surface area contributed by atoms with Crippen molar-refractivity contribution < 1.29 is 99.2 Å². The Balaban J connectivity index is 0.000000576. The Hall–Kier alpha value is -3.32. The number of carbonyl (C=O) groups is 2. The van der Waals surface area contributed by atoms with Crippen LogP contribution in [0.1, 0.15) is 51.6 Å². The molecule has 1 unspecified atom stereocenters. The number of sulfone groups is 1. The third-order valence-corrected chi connectivity index (χ3v) is 15.2. The molecular weight excluding hydrogens is 1240 g/mol. The standard InChI is InChI=1S/C23H30Cl2N2O4S.C16H14Cl3NO2S.C6H16N2O2.2C2HF3O2.ClH/c1-27-15-21(20-13-18(24)14-23(25)22(20)16-27)17-4-2-5-19(12-17)32(28,29)11-3-7-30-9-10-31-8-6-26;1-20-8-14(10-3-2-4-12(5-10)23(19,21)22)13-6-11(17)7-16(18)15(13)9-20;7-1-3-9-5-6-10-4-2-8;2*3-2(4,5)1(6)7;/h2,4-5,12-14,21H,3,6-11,15-16,26H2,1H3;2-7,14H,8-9H2,1H3;1-8H2;2*(H,6,7);1H/t21-;14-;;;;/m00..../s1.